The van der Waals surface area contributed by atoms with Crippen molar-refractivity contribution < 1.29 is 13.9 Å². The Hall–Kier alpha value is -2.24. The number of methoxy groups -OCH3 is 1. The first-order valence-electron chi connectivity index (χ1n) is 9.36. The van der Waals surface area contributed by atoms with Gasteiger partial charge < -0.3 is 4.74 Å². The van der Waals surface area contributed by atoms with Crippen molar-refractivity contribution in [3.8, 4) is 0 Å². The molecule has 1 saturated heterocycles. The molecule has 2 atom stereocenters. The largest absolute Gasteiger partial charge is 0.465 e. The number of hydrogen-bond donors (Lipinski definition) is 0. The third kappa shape index (κ3) is 4.73. The van der Waals surface area contributed by atoms with E-state index in [-0.39, 0.29) is 11.4 Å². The Morgan fingerprint density at radius 1 is 1.07 bits per heavy atom. The second-order valence-corrected chi connectivity index (χ2v) is 7.35. The minimum Gasteiger partial charge on any atom is -0.465 e. The lowest BCUT2D eigenvalue weighted by Crippen LogP contribution is -2.55. The van der Waals surface area contributed by atoms with E-state index in [9.17, 15) is 9.18 Å². The number of ether oxygens (including phenoxy) is 1. The summed E-state index contributed by atoms with van der Waals surface area (Å²) in [6.45, 7) is 7.69. The molecule has 1 fully saturated rings. The van der Waals surface area contributed by atoms with Crippen molar-refractivity contribution >= 4 is 5.97 Å². The van der Waals surface area contributed by atoms with Crippen molar-refractivity contribution in [2.45, 2.75) is 39.0 Å². The molecule has 5 heteroatoms. The third-order valence-corrected chi connectivity index (χ3v) is 5.25. The summed E-state index contributed by atoms with van der Waals surface area (Å²) >= 11 is 0. The van der Waals surface area contributed by atoms with E-state index >= 15 is 0 Å². The van der Waals surface area contributed by atoms with Crippen LogP contribution in [0.15, 0.2) is 48.5 Å². The molecule has 0 radical (unpaired) electrons. The van der Waals surface area contributed by atoms with Gasteiger partial charge in [-0.2, -0.15) is 0 Å². The highest BCUT2D eigenvalue weighted by molar-refractivity contribution is 5.89. The molecule has 1 aliphatic heterocycles. The molecule has 0 amide bonds. The maximum absolute atomic E-state index is 14.4. The molecule has 27 heavy (non-hydrogen) atoms. The Morgan fingerprint density at radius 3 is 2.33 bits per heavy atom. The van der Waals surface area contributed by atoms with Gasteiger partial charge in [-0.25, -0.2) is 9.18 Å². The van der Waals surface area contributed by atoms with Gasteiger partial charge in [0.15, 0.2) is 0 Å². The number of hydrogen-bond acceptors (Lipinski definition) is 4. The number of carbonyl (C=O) groups is 1. The molecule has 0 unspecified atom stereocenters. The Balaban J connectivity index is 1.64. The maximum atomic E-state index is 14.4. The quantitative estimate of drug-likeness (QED) is 0.751. The first kappa shape index (κ1) is 19.5. The minimum absolute atomic E-state index is 0.244. The zero-order valence-electron chi connectivity index (χ0n) is 16.2. The highest BCUT2D eigenvalue weighted by Gasteiger charge is 2.29. The predicted molar refractivity (Wildman–Crippen MR) is 104 cm³/mol. The molecule has 1 heterocycles. The Labute approximate surface area is 160 Å². The van der Waals surface area contributed by atoms with Crippen LogP contribution in [0.1, 0.15) is 35.3 Å². The molecule has 2 aromatic carbocycles. The van der Waals surface area contributed by atoms with Crippen LogP contribution < -0.4 is 0 Å². The fourth-order valence-electron chi connectivity index (χ4n) is 3.86. The molecule has 144 valence electrons. The van der Waals surface area contributed by atoms with Gasteiger partial charge in [0.1, 0.15) is 5.82 Å². The average molecular weight is 370 g/mol. The van der Waals surface area contributed by atoms with Crippen LogP contribution in [0.5, 0.6) is 0 Å². The summed E-state index contributed by atoms with van der Waals surface area (Å²) < 4.78 is 19.1. The number of rotatable bonds is 5. The number of nitrogens with zero attached hydrogens (tertiary/aromatic N) is 2. The van der Waals surface area contributed by atoms with Crippen LogP contribution in [0, 0.1) is 5.82 Å². The minimum atomic E-state index is -0.516. The van der Waals surface area contributed by atoms with Gasteiger partial charge in [-0.1, -0.05) is 36.4 Å². The smallest absolute Gasteiger partial charge is 0.337 e. The van der Waals surface area contributed by atoms with Gasteiger partial charge in [-0.15, -0.1) is 0 Å². The normalized spacial score (nSPS) is 21.2. The summed E-state index contributed by atoms with van der Waals surface area (Å²) in [6, 6.07) is 15.8. The lowest BCUT2D eigenvalue weighted by atomic mass is 10.0. The molecule has 2 aromatic rings. The fraction of sp³-hybridized carbons (Fsp3) is 0.409. The molecule has 0 N–H and O–H groups in total. The SMILES string of the molecule is COC(=O)c1ccc(CN2C[C@@H](C)N(Cc3ccccc3)[C@@H](C)C2)c(F)c1. The van der Waals surface area contributed by atoms with Crippen LogP contribution in [0.4, 0.5) is 4.39 Å². The van der Waals surface area contributed by atoms with Gasteiger partial charge in [0.25, 0.3) is 0 Å². The Bertz CT molecular complexity index is 769. The lowest BCUT2D eigenvalue weighted by molar-refractivity contribution is 0.0285. The van der Waals surface area contributed by atoms with Crippen molar-refractivity contribution in [1.29, 1.82) is 0 Å². The molecule has 3 rings (SSSR count). The van der Waals surface area contributed by atoms with E-state index in [4.69, 9.17) is 0 Å². The molecule has 0 spiro atoms. The molecule has 4 nitrogen and oxygen atoms in total. The highest BCUT2D eigenvalue weighted by Crippen LogP contribution is 2.22. The van der Waals surface area contributed by atoms with E-state index in [1.54, 1.807) is 12.1 Å². The predicted octanol–water partition coefficient (Wildman–Crippen LogP) is 3.71. The third-order valence-electron chi connectivity index (χ3n) is 5.25. The summed E-state index contributed by atoms with van der Waals surface area (Å²) in [5.74, 6) is -0.873. The summed E-state index contributed by atoms with van der Waals surface area (Å²) in [5, 5.41) is 0. The first-order chi connectivity index (χ1) is 13.0. The van der Waals surface area contributed by atoms with Crippen LogP contribution in [0.2, 0.25) is 0 Å². The fourth-order valence-corrected chi connectivity index (χ4v) is 3.86. The highest BCUT2D eigenvalue weighted by atomic mass is 19.1. The molecule has 0 aliphatic carbocycles. The van der Waals surface area contributed by atoms with Crippen LogP contribution in [0.3, 0.4) is 0 Å². The van der Waals surface area contributed by atoms with Crippen molar-refractivity contribution in [3.05, 3.63) is 71.0 Å². The number of esters is 1. The van der Waals surface area contributed by atoms with E-state index in [1.165, 1.54) is 18.7 Å². The van der Waals surface area contributed by atoms with Crippen LogP contribution >= 0.6 is 0 Å². The second kappa shape index (κ2) is 8.63. The zero-order chi connectivity index (χ0) is 19.4. The van der Waals surface area contributed by atoms with Crippen molar-refractivity contribution in [1.82, 2.24) is 9.80 Å². The summed E-state index contributed by atoms with van der Waals surface area (Å²) in [7, 11) is 1.30. The van der Waals surface area contributed by atoms with E-state index in [1.807, 2.05) is 6.07 Å². The van der Waals surface area contributed by atoms with Gasteiger partial charge in [0, 0.05) is 43.8 Å². The van der Waals surface area contributed by atoms with Crippen LogP contribution in [-0.4, -0.2) is 48.1 Å². The summed E-state index contributed by atoms with van der Waals surface area (Å²) in [6.07, 6.45) is 0. The van der Waals surface area contributed by atoms with Gasteiger partial charge in [-0.3, -0.25) is 9.80 Å². The Kier molecular flexibility index (Phi) is 6.24. The topological polar surface area (TPSA) is 32.8 Å². The van der Waals surface area contributed by atoms with Gasteiger partial charge in [0.05, 0.1) is 12.7 Å². The molecular weight excluding hydrogens is 343 g/mol. The molecule has 0 bridgehead atoms. The van der Waals surface area contributed by atoms with Gasteiger partial charge in [-0.05, 0) is 31.5 Å². The average Bonchev–Trinajstić information content (AvgIpc) is 2.66. The monoisotopic (exact) mass is 370 g/mol. The van der Waals surface area contributed by atoms with Gasteiger partial charge >= 0.3 is 5.97 Å². The van der Waals surface area contributed by atoms with E-state index < -0.39 is 5.97 Å². The summed E-state index contributed by atoms with van der Waals surface area (Å²) in [5.41, 5.74) is 2.17. The molecular formula is C22H27FN2O2. The zero-order valence-corrected chi connectivity index (χ0v) is 16.2. The van der Waals surface area contributed by atoms with E-state index in [0.717, 1.165) is 19.6 Å². The number of halogens is 1. The van der Waals surface area contributed by atoms with Gasteiger partial charge in [0.2, 0.25) is 0 Å². The van der Waals surface area contributed by atoms with Crippen LogP contribution in [0.25, 0.3) is 0 Å². The number of carbonyl (C=O) groups excluding carboxylic acids is 1. The van der Waals surface area contributed by atoms with E-state index in [0.29, 0.717) is 24.2 Å². The maximum Gasteiger partial charge on any atom is 0.337 e. The molecule has 0 aromatic heterocycles. The second-order valence-electron chi connectivity index (χ2n) is 7.35. The van der Waals surface area contributed by atoms with E-state index in [2.05, 4.69) is 52.6 Å². The van der Waals surface area contributed by atoms with Crippen molar-refractivity contribution in [2.24, 2.45) is 0 Å². The standard InChI is InChI=1S/C22H27FN2O2/c1-16-12-24(13-17(2)25(16)14-18-7-5-4-6-8-18)15-20-10-9-19(11-21(20)23)22(26)27-3/h4-11,16-17H,12-15H2,1-3H3/t16-,17+. The Morgan fingerprint density at radius 2 is 1.74 bits per heavy atom. The van der Waals surface area contributed by atoms with Crippen molar-refractivity contribution in [3.63, 3.8) is 0 Å². The molecule has 1 aliphatic rings. The lowest BCUT2D eigenvalue weighted by Gasteiger charge is -2.44. The number of piperazine rings is 1. The molecule has 0 saturated carbocycles. The summed E-state index contributed by atoms with van der Waals surface area (Å²) in [4.78, 5) is 16.3. The number of benzene rings is 2. The van der Waals surface area contributed by atoms with Crippen molar-refractivity contribution in [2.75, 3.05) is 20.2 Å². The first-order valence-corrected chi connectivity index (χ1v) is 9.36. The van der Waals surface area contributed by atoms with Crippen LogP contribution in [-0.2, 0) is 17.8 Å².